The van der Waals surface area contributed by atoms with Crippen molar-refractivity contribution in [3.05, 3.63) is 13.2 Å². The molecule has 0 saturated heterocycles. The smallest absolute Gasteiger partial charge is 0.217 e. The predicted molar refractivity (Wildman–Crippen MR) is 66.6 cm³/mol. The van der Waals surface area contributed by atoms with Crippen LogP contribution in [-0.4, -0.2) is 11.8 Å². The zero-order valence-electron chi connectivity index (χ0n) is 10.0. The van der Waals surface area contributed by atoms with Gasteiger partial charge in [-0.3, -0.25) is 9.59 Å². The Bertz CT molecular complexity index is 173. The number of carbonyl (C=O) groups is 2. The molecule has 0 aliphatic carbocycles. The maximum absolute atomic E-state index is 10.4. The quantitative estimate of drug-likeness (QED) is 0.466. The van der Waals surface area contributed by atoms with E-state index in [1.807, 2.05) is 0 Å². The average molecular weight is 228 g/mol. The lowest BCUT2D eigenvalue weighted by Crippen LogP contribution is -2.09. The summed E-state index contributed by atoms with van der Waals surface area (Å²) < 4.78 is 0. The molecule has 0 radical (unpaired) electrons. The molecule has 16 heavy (non-hydrogen) atoms. The van der Waals surface area contributed by atoms with Gasteiger partial charge in [0.1, 0.15) is 0 Å². The fourth-order valence-corrected chi connectivity index (χ4v) is 1.31. The summed E-state index contributed by atoms with van der Waals surface area (Å²) in [6, 6.07) is 0. The number of nitrogens with two attached hydrogens (primary N) is 2. The summed E-state index contributed by atoms with van der Waals surface area (Å²) in [5, 5.41) is 0. The maximum Gasteiger partial charge on any atom is 0.217 e. The van der Waals surface area contributed by atoms with Crippen molar-refractivity contribution >= 4 is 11.8 Å². The third-order valence-electron chi connectivity index (χ3n) is 2.10. The fourth-order valence-electron chi connectivity index (χ4n) is 1.31. The minimum absolute atomic E-state index is 0.223. The van der Waals surface area contributed by atoms with Gasteiger partial charge in [-0.25, -0.2) is 0 Å². The number of primary amides is 2. The van der Waals surface area contributed by atoms with E-state index in [0.717, 1.165) is 38.5 Å². The summed E-state index contributed by atoms with van der Waals surface area (Å²) in [5.74, 6) is -0.447. The van der Waals surface area contributed by atoms with Gasteiger partial charge in [0.2, 0.25) is 11.8 Å². The molecular formula is C12H24N2O2. The lowest BCUT2D eigenvalue weighted by atomic mass is 10.1. The van der Waals surface area contributed by atoms with E-state index in [4.69, 9.17) is 11.5 Å². The van der Waals surface area contributed by atoms with E-state index in [1.54, 1.807) is 0 Å². The minimum atomic E-state index is -0.223. The first-order valence-electron chi connectivity index (χ1n) is 5.69. The van der Waals surface area contributed by atoms with E-state index >= 15 is 0 Å². The second-order valence-electron chi connectivity index (χ2n) is 3.55. The summed E-state index contributed by atoms with van der Waals surface area (Å²) in [7, 11) is 0. The highest BCUT2D eigenvalue weighted by atomic mass is 16.1. The van der Waals surface area contributed by atoms with E-state index in [1.165, 1.54) is 0 Å². The summed E-state index contributed by atoms with van der Waals surface area (Å²) in [4.78, 5) is 20.8. The van der Waals surface area contributed by atoms with Crippen molar-refractivity contribution in [2.24, 2.45) is 11.5 Å². The van der Waals surface area contributed by atoms with Gasteiger partial charge >= 0.3 is 0 Å². The summed E-state index contributed by atoms with van der Waals surface area (Å²) >= 11 is 0. The van der Waals surface area contributed by atoms with Crippen molar-refractivity contribution < 1.29 is 9.59 Å². The summed E-state index contributed by atoms with van der Waals surface area (Å²) in [6.07, 6.45) is 7.02. The van der Waals surface area contributed by atoms with Crippen LogP contribution in [0.2, 0.25) is 0 Å². The molecule has 0 heterocycles. The first kappa shape index (κ1) is 17.1. The van der Waals surface area contributed by atoms with E-state index in [0.29, 0.717) is 12.8 Å². The van der Waals surface area contributed by atoms with E-state index < -0.39 is 0 Å². The largest absolute Gasteiger partial charge is 0.370 e. The summed E-state index contributed by atoms with van der Waals surface area (Å²) in [5.41, 5.74) is 10.00. The molecule has 0 rings (SSSR count). The number of unbranched alkanes of at least 4 members (excludes halogenated alkanes) is 5. The van der Waals surface area contributed by atoms with Gasteiger partial charge in [0, 0.05) is 12.8 Å². The molecule has 0 aromatic carbocycles. The third kappa shape index (κ3) is 18.5. The highest BCUT2D eigenvalue weighted by Crippen LogP contribution is 2.07. The number of carbonyl (C=O) groups excluding carboxylic acids is 2. The van der Waals surface area contributed by atoms with Crippen LogP contribution in [0.5, 0.6) is 0 Å². The Hall–Kier alpha value is -1.32. The predicted octanol–water partition coefficient (Wildman–Crippen LogP) is 1.88. The Morgan fingerprint density at radius 3 is 1.19 bits per heavy atom. The molecule has 0 spiro atoms. The van der Waals surface area contributed by atoms with Crippen molar-refractivity contribution in [2.45, 2.75) is 51.4 Å². The van der Waals surface area contributed by atoms with Gasteiger partial charge in [0.05, 0.1) is 0 Å². The minimum Gasteiger partial charge on any atom is -0.370 e. The molecule has 4 heteroatoms. The highest BCUT2D eigenvalue weighted by molar-refractivity contribution is 5.73. The van der Waals surface area contributed by atoms with Crippen LogP contribution in [-0.2, 0) is 9.59 Å². The Labute approximate surface area is 98.1 Å². The Morgan fingerprint density at radius 2 is 0.938 bits per heavy atom. The topological polar surface area (TPSA) is 86.2 Å². The van der Waals surface area contributed by atoms with Gasteiger partial charge in [-0.05, 0) is 12.8 Å². The Kier molecular flexibility index (Phi) is 14.6. The molecule has 0 aliphatic heterocycles. The zero-order valence-corrected chi connectivity index (χ0v) is 10.0. The van der Waals surface area contributed by atoms with Crippen LogP contribution in [0.15, 0.2) is 13.2 Å². The molecule has 2 amide bonds. The van der Waals surface area contributed by atoms with E-state index in [2.05, 4.69) is 13.2 Å². The second-order valence-corrected chi connectivity index (χ2v) is 3.55. The van der Waals surface area contributed by atoms with Crippen molar-refractivity contribution in [2.75, 3.05) is 0 Å². The zero-order chi connectivity index (χ0) is 12.8. The molecule has 4 nitrogen and oxygen atoms in total. The van der Waals surface area contributed by atoms with E-state index in [9.17, 15) is 9.59 Å². The molecule has 0 bridgehead atoms. The second kappa shape index (κ2) is 13.7. The fraction of sp³-hybridized carbons (Fsp3) is 0.667. The molecule has 0 unspecified atom stereocenters. The van der Waals surface area contributed by atoms with Gasteiger partial charge in [-0.2, -0.15) is 0 Å². The maximum atomic E-state index is 10.4. The molecule has 0 saturated carbocycles. The van der Waals surface area contributed by atoms with E-state index in [-0.39, 0.29) is 11.8 Å². The van der Waals surface area contributed by atoms with Crippen LogP contribution in [0.4, 0.5) is 0 Å². The Morgan fingerprint density at radius 1 is 0.688 bits per heavy atom. The lowest BCUT2D eigenvalue weighted by molar-refractivity contribution is -0.119. The molecule has 0 aliphatic rings. The number of amides is 2. The van der Waals surface area contributed by atoms with Gasteiger partial charge in [0.25, 0.3) is 0 Å². The van der Waals surface area contributed by atoms with Gasteiger partial charge in [-0.1, -0.05) is 25.7 Å². The molecule has 0 fully saturated rings. The van der Waals surface area contributed by atoms with Crippen LogP contribution < -0.4 is 11.5 Å². The number of hydrogen-bond acceptors (Lipinski definition) is 2. The molecule has 0 aromatic heterocycles. The molecule has 4 N–H and O–H groups in total. The number of rotatable bonds is 9. The van der Waals surface area contributed by atoms with Crippen molar-refractivity contribution in [3.63, 3.8) is 0 Å². The van der Waals surface area contributed by atoms with Gasteiger partial charge in [-0.15, -0.1) is 13.2 Å². The lowest BCUT2D eigenvalue weighted by Gasteiger charge is -1.99. The average Bonchev–Trinajstić information content (AvgIpc) is 2.24. The van der Waals surface area contributed by atoms with Crippen molar-refractivity contribution in [3.8, 4) is 0 Å². The summed E-state index contributed by atoms with van der Waals surface area (Å²) in [6.45, 7) is 6.00. The third-order valence-corrected chi connectivity index (χ3v) is 2.10. The van der Waals surface area contributed by atoms with Crippen LogP contribution in [0.3, 0.4) is 0 Å². The molecule has 0 aromatic rings. The first-order valence-corrected chi connectivity index (χ1v) is 5.69. The van der Waals surface area contributed by atoms with Crippen LogP contribution >= 0.6 is 0 Å². The standard InChI is InChI=1S/C10H20N2O2.C2H4/c11-9(13)7-5-3-1-2-4-6-8-10(12)14;1-2/h1-8H2,(H2,11,13)(H2,12,14);1-2H2. The van der Waals surface area contributed by atoms with Crippen LogP contribution in [0.25, 0.3) is 0 Å². The SMILES string of the molecule is C=C.NC(=O)CCCCCCCCC(N)=O. The monoisotopic (exact) mass is 228 g/mol. The highest BCUT2D eigenvalue weighted by Gasteiger charge is 1.96. The Balaban J connectivity index is 0. The van der Waals surface area contributed by atoms with Crippen molar-refractivity contribution in [1.82, 2.24) is 0 Å². The molecular weight excluding hydrogens is 204 g/mol. The van der Waals surface area contributed by atoms with Crippen LogP contribution in [0, 0.1) is 0 Å². The normalized spacial score (nSPS) is 9.00. The van der Waals surface area contributed by atoms with Crippen LogP contribution in [0.1, 0.15) is 51.4 Å². The molecule has 0 atom stereocenters. The number of hydrogen-bond donors (Lipinski definition) is 2. The van der Waals surface area contributed by atoms with Gasteiger partial charge < -0.3 is 11.5 Å². The first-order chi connectivity index (χ1) is 7.63. The van der Waals surface area contributed by atoms with Gasteiger partial charge in [0.15, 0.2) is 0 Å². The van der Waals surface area contributed by atoms with Crippen molar-refractivity contribution in [1.29, 1.82) is 0 Å². The molecule has 94 valence electrons.